The Morgan fingerprint density at radius 2 is 1.63 bits per heavy atom. The Hall–Kier alpha value is -3.18. The van der Waals surface area contributed by atoms with Crippen molar-refractivity contribution in [1.29, 1.82) is 0 Å². The third-order valence-corrected chi connectivity index (χ3v) is 11.5. The van der Waals surface area contributed by atoms with Crippen LogP contribution >= 0.6 is 7.36 Å². The fourth-order valence-electron chi connectivity index (χ4n) is 6.14. The molecule has 0 saturated carbocycles. The van der Waals surface area contributed by atoms with Crippen molar-refractivity contribution >= 4 is 30.6 Å². The van der Waals surface area contributed by atoms with Crippen molar-refractivity contribution in [2.75, 3.05) is 43.0 Å². The van der Waals surface area contributed by atoms with E-state index < -0.39 is 7.36 Å². The van der Waals surface area contributed by atoms with Gasteiger partial charge >= 0.3 is 0 Å². The van der Waals surface area contributed by atoms with Gasteiger partial charge in [-0.05, 0) is 49.2 Å². The molecule has 3 aromatic rings. The summed E-state index contributed by atoms with van der Waals surface area (Å²) in [7, 11) is -0.401. The van der Waals surface area contributed by atoms with Gasteiger partial charge in [0.25, 0.3) is 0 Å². The van der Waals surface area contributed by atoms with Crippen molar-refractivity contribution in [2.45, 2.75) is 33.1 Å². The minimum atomic E-state index is -2.60. The molecule has 196 valence electrons. The zero-order valence-electron chi connectivity index (χ0n) is 22.9. The summed E-state index contributed by atoms with van der Waals surface area (Å²) in [6.45, 7) is 12.0. The summed E-state index contributed by atoms with van der Waals surface area (Å²) in [5.41, 5.74) is 8.17. The quantitative estimate of drug-likeness (QED) is 0.333. The molecule has 0 radical (unpaired) electrons. The molecule has 0 N–H and O–H groups in total. The smallest absolute Gasteiger partial charge is 0.180 e. The molecule has 0 bridgehead atoms. The normalized spacial score (nSPS) is 24.7. The molecule has 3 aromatic carbocycles. The Kier molecular flexibility index (Phi) is 6.30. The number of ether oxygens (including phenoxy) is 1. The number of anilines is 2. The van der Waals surface area contributed by atoms with Crippen molar-refractivity contribution < 1.29 is 4.74 Å². The van der Waals surface area contributed by atoms with Gasteiger partial charge in [0.2, 0.25) is 0 Å². The summed E-state index contributed by atoms with van der Waals surface area (Å²) in [5, 5.41) is 6.38. The zero-order chi connectivity index (χ0) is 26.5. The molecule has 3 aliphatic rings. The van der Waals surface area contributed by atoms with Crippen LogP contribution in [0.1, 0.15) is 30.5 Å². The largest absolute Gasteiger partial charge is 0.379 e. The number of hydrogen-bond donors (Lipinski definition) is 0. The standard InChI is InChI=1S/C31H36N5OP/c1-23-15-16-27(24(2)21-23)33-38(35-17-19-37-20-18-35)29(22-32-36(38)25-11-7-6-8-12-25)30-31(3,4)26-13-9-10-14-28(26)34(30)5/h6-16,21-22H,17-20H2,1-5H3/b30-29-. The molecular weight excluding hydrogens is 489 g/mol. The number of para-hydroxylation sites is 2. The van der Waals surface area contributed by atoms with Crippen molar-refractivity contribution in [2.24, 2.45) is 9.85 Å². The minimum Gasteiger partial charge on any atom is -0.379 e. The first-order valence-electron chi connectivity index (χ1n) is 13.3. The van der Waals surface area contributed by atoms with Crippen molar-refractivity contribution in [1.82, 2.24) is 4.67 Å². The number of benzene rings is 3. The third kappa shape index (κ3) is 3.86. The van der Waals surface area contributed by atoms with Crippen LogP contribution in [0.2, 0.25) is 0 Å². The summed E-state index contributed by atoms with van der Waals surface area (Å²) >= 11 is 0. The zero-order valence-corrected chi connectivity index (χ0v) is 23.8. The number of likely N-dealkylation sites (N-methyl/N-ethyl adjacent to an activating group) is 1. The van der Waals surface area contributed by atoms with Gasteiger partial charge in [-0.3, -0.25) is 0 Å². The van der Waals surface area contributed by atoms with E-state index in [-0.39, 0.29) is 5.41 Å². The molecule has 6 rings (SSSR count). The van der Waals surface area contributed by atoms with Gasteiger partial charge in [0.05, 0.1) is 36.1 Å². The van der Waals surface area contributed by atoms with E-state index in [1.54, 1.807) is 0 Å². The molecule has 1 fully saturated rings. The lowest BCUT2D eigenvalue weighted by atomic mass is 9.84. The van der Waals surface area contributed by atoms with E-state index >= 15 is 0 Å². The van der Waals surface area contributed by atoms with Crippen LogP contribution in [0.5, 0.6) is 0 Å². The lowest BCUT2D eigenvalue weighted by Crippen LogP contribution is -2.38. The van der Waals surface area contributed by atoms with Crippen molar-refractivity contribution in [3.63, 3.8) is 0 Å². The van der Waals surface area contributed by atoms with Gasteiger partial charge in [0, 0.05) is 36.9 Å². The molecule has 0 aromatic heterocycles. The average Bonchev–Trinajstić information content (AvgIpc) is 3.39. The predicted molar refractivity (Wildman–Crippen MR) is 160 cm³/mol. The van der Waals surface area contributed by atoms with Gasteiger partial charge in [0.1, 0.15) is 0 Å². The fourth-order valence-corrected chi connectivity index (χ4v) is 10.0. The van der Waals surface area contributed by atoms with Crippen LogP contribution in [0.4, 0.5) is 17.1 Å². The van der Waals surface area contributed by atoms with Crippen LogP contribution in [0, 0.1) is 13.8 Å². The Morgan fingerprint density at radius 1 is 0.921 bits per heavy atom. The average molecular weight is 526 g/mol. The van der Waals surface area contributed by atoms with E-state index in [2.05, 4.69) is 128 Å². The Bertz CT molecular complexity index is 1490. The summed E-state index contributed by atoms with van der Waals surface area (Å²) in [6.07, 6.45) is 2.10. The Labute approximate surface area is 226 Å². The minimum absolute atomic E-state index is 0.200. The number of morpholine rings is 1. The number of allylic oxidation sites excluding steroid dienone is 2. The Balaban J connectivity index is 1.70. The molecular formula is C31H36N5OP. The second-order valence-corrected chi connectivity index (χ2v) is 13.6. The molecule has 0 amide bonds. The van der Waals surface area contributed by atoms with Gasteiger partial charge in [0.15, 0.2) is 7.36 Å². The fraction of sp³-hybridized carbons (Fsp3) is 0.323. The van der Waals surface area contributed by atoms with Gasteiger partial charge in [-0.15, -0.1) is 0 Å². The number of fused-ring (bicyclic) bond motifs is 1. The molecule has 0 spiro atoms. The molecule has 1 atom stereocenters. The SMILES string of the molecule is Cc1ccc(N=P2(N3CCOCC3)/C(=C3\N(C)c4ccccc4C3(C)C)C=NN2c2ccccc2)c(C)c1. The first kappa shape index (κ1) is 25.1. The first-order valence-corrected chi connectivity index (χ1v) is 15.0. The molecule has 6 nitrogen and oxygen atoms in total. The van der Waals surface area contributed by atoms with Crippen LogP contribution in [-0.2, 0) is 10.2 Å². The van der Waals surface area contributed by atoms with Gasteiger partial charge in [-0.1, -0.05) is 67.9 Å². The highest BCUT2D eigenvalue weighted by atomic mass is 31.2. The van der Waals surface area contributed by atoms with Crippen molar-refractivity contribution in [3.05, 3.63) is 100 Å². The highest BCUT2D eigenvalue weighted by Crippen LogP contribution is 2.70. The van der Waals surface area contributed by atoms with Gasteiger partial charge in [-0.25, -0.2) is 14.2 Å². The molecule has 1 saturated heterocycles. The lowest BCUT2D eigenvalue weighted by Gasteiger charge is -2.43. The maximum absolute atomic E-state index is 5.86. The van der Waals surface area contributed by atoms with Crippen LogP contribution in [0.25, 0.3) is 0 Å². The lowest BCUT2D eigenvalue weighted by molar-refractivity contribution is 0.0743. The maximum Gasteiger partial charge on any atom is 0.180 e. The predicted octanol–water partition coefficient (Wildman–Crippen LogP) is 7.44. The molecule has 3 heterocycles. The number of hydrogen-bond acceptors (Lipinski definition) is 4. The number of aryl methyl sites for hydroxylation is 2. The topological polar surface area (TPSA) is 43.7 Å². The second-order valence-electron chi connectivity index (χ2n) is 10.8. The molecule has 38 heavy (non-hydrogen) atoms. The molecule has 3 aliphatic heterocycles. The van der Waals surface area contributed by atoms with E-state index in [0.717, 1.165) is 24.5 Å². The van der Waals surface area contributed by atoms with E-state index in [1.807, 2.05) is 0 Å². The highest BCUT2D eigenvalue weighted by Gasteiger charge is 2.50. The maximum atomic E-state index is 5.86. The summed E-state index contributed by atoms with van der Waals surface area (Å²) in [5.74, 6) is 0. The molecule has 1 unspecified atom stereocenters. The van der Waals surface area contributed by atoms with E-state index in [4.69, 9.17) is 14.6 Å². The first-order chi connectivity index (χ1) is 18.3. The van der Waals surface area contributed by atoms with Crippen LogP contribution < -0.4 is 9.68 Å². The monoisotopic (exact) mass is 525 g/mol. The molecule has 7 heteroatoms. The van der Waals surface area contributed by atoms with E-state index in [9.17, 15) is 0 Å². The number of rotatable bonds is 3. The van der Waals surface area contributed by atoms with Crippen molar-refractivity contribution in [3.8, 4) is 0 Å². The van der Waals surface area contributed by atoms with Gasteiger partial charge < -0.3 is 9.64 Å². The van der Waals surface area contributed by atoms with Gasteiger partial charge in [-0.2, -0.15) is 5.10 Å². The highest BCUT2D eigenvalue weighted by molar-refractivity contribution is 7.71. The second kappa shape index (κ2) is 9.53. The molecule has 0 aliphatic carbocycles. The van der Waals surface area contributed by atoms with Crippen LogP contribution in [0.3, 0.4) is 0 Å². The van der Waals surface area contributed by atoms with E-state index in [0.29, 0.717) is 13.2 Å². The van der Waals surface area contributed by atoms with E-state index in [1.165, 1.54) is 33.4 Å². The summed E-state index contributed by atoms with van der Waals surface area (Å²) in [6, 6.07) is 25.9. The number of nitrogens with zero attached hydrogens (tertiary/aromatic N) is 5. The third-order valence-electron chi connectivity index (χ3n) is 7.95. The summed E-state index contributed by atoms with van der Waals surface area (Å²) < 4.78 is 16.4. The van der Waals surface area contributed by atoms with Crippen LogP contribution in [0.15, 0.2) is 93.7 Å². The van der Waals surface area contributed by atoms with Crippen LogP contribution in [-0.4, -0.2) is 44.2 Å². The number of hydrazone groups is 1. The summed E-state index contributed by atoms with van der Waals surface area (Å²) in [4.78, 5) is 2.37. The Morgan fingerprint density at radius 3 is 2.34 bits per heavy atom.